The normalized spacial score (nSPS) is 16.6. The van der Waals surface area contributed by atoms with Crippen molar-refractivity contribution in [1.82, 2.24) is 19.7 Å². The highest BCUT2D eigenvalue weighted by atomic mass is 32.1. The predicted molar refractivity (Wildman–Crippen MR) is 126 cm³/mol. The number of carbonyl (C=O) groups is 1. The maximum absolute atomic E-state index is 13.1. The van der Waals surface area contributed by atoms with E-state index in [0.717, 1.165) is 49.3 Å². The van der Waals surface area contributed by atoms with Gasteiger partial charge < -0.3 is 26.4 Å². The molecule has 1 aliphatic rings. The van der Waals surface area contributed by atoms with Crippen LogP contribution in [0.15, 0.2) is 18.5 Å². The third-order valence-electron chi connectivity index (χ3n) is 5.63. The van der Waals surface area contributed by atoms with Crippen LogP contribution in [0.5, 0.6) is 5.88 Å². The first-order valence-corrected chi connectivity index (χ1v) is 11.3. The number of nitrogens with one attached hydrogen (secondary N) is 1. The molecule has 32 heavy (non-hydrogen) atoms. The van der Waals surface area contributed by atoms with Crippen LogP contribution in [0.3, 0.4) is 0 Å². The quantitative estimate of drug-likeness (QED) is 0.532. The van der Waals surface area contributed by atoms with Gasteiger partial charge in [0.15, 0.2) is 11.5 Å². The minimum atomic E-state index is -0.383. The van der Waals surface area contributed by atoms with Gasteiger partial charge in [-0.3, -0.25) is 9.48 Å². The van der Waals surface area contributed by atoms with Crippen LogP contribution in [-0.2, 0) is 7.05 Å². The first-order valence-electron chi connectivity index (χ1n) is 10.5. The second-order valence-corrected chi connectivity index (χ2v) is 8.91. The Kier molecular flexibility index (Phi) is 6.28. The van der Waals surface area contributed by atoms with Crippen LogP contribution in [0.25, 0.3) is 10.6 Å². The summed E-state index contributed by atoms with van der Waals surface area (Å²) in [6, 6.07) is 2.07. The molecule has 4 rings (SSSR count). The molecule has 5 N–H and O–H groups in total. The van der Waals surface area contributed by atoms with Crippen molar-refractivity contribution < 1.29 is 9.53 Å². The molecule has 0 bridgehead atoms. The molecule has 0 saturated carbocycles. The number of thiazole rings is 1. The van der Waals surface area contributed by atoms with Gasteiger partial charge in [-0.05, 0) is 37.8 Å². The average molecular weight is 457 g/mol. The van der Waals surface area contributed by atoms with E-state index in [9.17, 15) is 4.79 Å². The molecular weight excluding hydrogens is 428 g/mol. The molecular formula is C21H28N8O2S. The lowest BCUT2D eigenvalue weighted by molar-refractivity contribution is 0.102. The van der Waals surface area contributed by atoms with Gasteiger partial charge in [0.1, 0.15) is 15.7 Å². The maximum atomic E-state index is 13.1. The summed E-state index contributed by atoms with van der Waals surface area (Å²) < 4.78 is 7.15. The van der Waals surface area contributed by atoms with E-state index in [1.54, 1.807) is 24.2 Å². The second kappa shape index (κ2) is 9.13. The molecule has 0 unspecified atom stereocenters. The van der Waals surface area contributed by atoms with E-state index in [2.05, 4.69) is 25.3 Å². The molecule has 3 aromatic heterocycles. The molecule has 1 atom stereocenters. The molecule has 3 aromatic rings. The van der Waals surface area contributed by atoms with Gasteiger partial charge in [0.2, 0.25) is 5.88 Å². The zero-order valence-corrected chi connectivity index (χ0v) is 19.3. The number of hydrogen-bond donors (Lipinski definition) is 3. The smallest absolute Gasteiger partial charge is 0.277 e. The van der Waals surface area contributed by atoms with E-state index in [1.807, 2.05) is 20.0 Å². The summed E-state index contributed by atoms with van der Waals surface area (Å²) in [5.41, 5.74) is 14.8. The Bertz CT molecular complexity index is 1130. The van der Waals surface area contributed by atoms with Crippen LogP contribution >= 0.6 is 11.3 Å². The SMILES string of the molecule is COc1nccc(C)c1-c1nc(C(=O)Nc2cnn(C)c2N2CCC[C@H](N)CC2)c(N)s1. The van der Waals surface area contributed by atoms with Crippen LogP contribution in [0, 0.1) is 6.92 Å². The van der Waals surface area contributed by atoms with Gasteiger partial charge in [0, 0.05) is 32.4 Å². The van der Waals surface area contributed by atoms with Crippen molar-refractivity contribution in [1.29, 1.82) is 0 Å². The monoisotopic (exact) mass is 456 g/mol. The van der Waals surface area contributed by atoms with Crippen molar-refractivity contribution in [2.45, 2.75) is 32.2 Å². The molecule has 0 radical (unpaired) electrons. The average Bonchev–Trinajstić information content (AvgIpc) is 3.24. The topological polar surface area (TPSA) is 137 Å². The minimum absolute atomic E-state index is 0.169. The summed E-state index contributed by atoms with van der Waals surface area (Å²) in [7, 11) is 3.41. The number of hydrogen-bond acceptors (Lipinski definition) is 9. The minimum Gasteiger partial charge on any atom is -0.480 e. The molecule has 170 valence electrons. The predicted octanol–water partition coefficient (Wildman–Crippen LogP) is 2.41. The van der Waals surface area contributed by atoms with Crippen LogP contribution < -0.4 is 26.4 Å². The first kappa shape index (κ1) is 22.0. The van der Waals surface area contributed by atoms with E-state index in [4.69, 9.17) is 16.2 Å². The fraction of sp³-hybridized carbons (Fsp3) is 0.429. The van der Waals surface area contributed by atoms with E-state index >= 15 is 0 Å². The fourth-order valence-corrected chi connectivity index (χ4v) is 4.89. The van der Waals surface area contributed by atoms with E-state index in [-0.39, 0.29) is 17.6 Å². The summed E-state index contributed by atoms with van der Waals surface area (Å²) in [6.45, 7) is 3.61. The number of anilines is 3. The highest BCUT2D eigenvalue weighted by molar-refractivity contribution is 7.19. The molecule has 1 fully saturated rings. The van der Waals surface area contributed by atoms with Gasteiger partial charge in [0.25, 0.3) is 5.91 Å². The van der Waals surface area contributed by atoms with Gasteiger partial charge in [-0.1, -0.05) is 11.3 Å². The van der Waals surface area contributed by atoms with Crippen molar-refractivity contribution in [3.8, 4) is 16.5 Å². The second-order valence-electron chi connectivity index (χ2n) is 7.88. The van der Waals surface area contributed by atoms with Crippen LogP contribution in [-0.4, -0.2) is 51.9 Å². The molecule has 0 aromatic carbocycles. The highest BCUT2D eigenvalue weighted by Gasteiger charge is 2.25. The number of ether oxygens (including phenoxy) is 1. The lowest BCUT2D eigenvalue weighted by Crippen LogP contribution is -2.29. The summed E-state index contributed by atoms with van der Waals surface area (Å²) in [4.78, 5) is 24.1. The number of nitrogens with zero attached hydrogens (tertiary/aromatic N) is 5. The van der Waals surface area contributed by atoms with Gasteiger partial charge in [-0.2, -0.15) is 5.10 Å². The first-order chi connectivity index (χ1) is 15.4. The molecule has 0 aliphatic carbocycles. The third-order valence-corrected chi connectivity index (χ3v) is 6.53. The van der Waals surface area contributed by atoms with Crippen molar-refractivity contribution in [2.24, 2.45) is 12.8 Å². The lowest BCUT2D eigenvalue weighted by atomic mass is 10.1. The van der Waals surface area contributed by atoms with Gasteiger partial charge in [-0.25, -0.2) is 9.97 Å². The Hall–Kier alpha value is -3.18. The number of methoxy groups -OCH3 is 1. The van der Waals surface area contributed by atoms with E-state index in [1.165, 1.54) is 11.3 Å². The Labute approximate surface area is 190 Å². The van der Waals surface area contributed by atoms with Crippen molar-refractivity contribution in [3.63, 3.8) is 0 Å². The van der Waals surface area contributed by atoms with Crippen LogP contribution in [0.1, 0.15) is 35.3 Å². The van der Waals surface area contributed by atoms with Gasteiger partial charge in [0.05, 0.1) is 18.9 Å². The van der Waals surface area contributed by atoms with Crippen LogP contribution in [0.2, 0.25) is 0 Å². The number of nitrogen functional groups attached to an aromatic ring is 1. The highest BCUT2D eigenvalue weighted by Crippen LogP contribution is 2.37. The number of pyridine rings is 1. The molecule has 0 spiro atoms. The van der Waals surface area contributed by atoms with E-state index in [0.29, 0.717) is 21.6 Å². The largest absolute Gasteiger partial charge is 0.480 e. The van der Waals surface area contributed by atoms with E-state index < -0.39 is 0 Å². The molecule has 4 heterocycles. The Morgan fingerprint density at radius 3 is 2.94 bits per heavy atom. The number of carbonyl (C=O) groups excluding carboxylic acids is 1. The fourth-order valence-electron chi connectivity index (χ4n) is 3.96. The molecule has 1 amide bonds. The Balaban J connectivity index is 1.60. The number of amides is 1. The third kappa shape index (κ3) is 4.26. The molecule has 10 nitrogen and oxygen atoms in total. The molecule has 1 aliphatic heterocycles. The number of aryl methyl sites for hydroxylation is 2. The zero-order chi connectivity index (χ0) is 22.8. The molecule has 11 heteroatoms. The van der Waals surface area contributed by atoms with Crippen molar-refractivity contribution in [2.75, 3.05) is 36.1 Å². The number of nitrogens with two attached hydrogens (primary N) is 2. The van der Waals surface area contributed by atoms with Gasteiger partial charge >= 0.3 is 0 Å². The van der Waals surface area contributed by atoms with Crippen molar-refractivity contribution >= 4 is 33.8 Å². The summed E-state index contributed by atoms with van der Waals surface area (Å²) >= 11 is 1.23. The van der Waals surface area contributed by atoms with Crippen molar-refractivity contribution in [3.05, 3.63) is 29.7 Å². The summed E-state index contributed by atoms with van der Waals surface area (Å²) in [6.07, 6.45) is 6.20. The summed E-state index contributed by atoms with van der Waals surface area (Å²) in [5.74, 6) is 0.914. The molecule has 1 saturated heterocycles. The van der Waals surface area contributed by atoms with Gasteiger partial charge in [-0.15, -0.1) is 0 Å². The Morgan fingerprint density at radius 2 is 2.16 bits per heavy atom. The summed E-state index contributed by atoms with van der Waals surface area (Å²) in [5, 5.41) is 8.21. The lowest BCUT2D eigenvalue weighted by Gasteiger charge is -2.24. The standard InChI is InChI=1S/C21H28N8O2S/c1-12-6-8-24-19(31-3)15(12)20-27-16(17(23)32-20)18(30)26-14-11-25-28(2)21(14)29-9-4-5-13(22)7-10-29/h6,8,11,13H,4-5,7,9-10,22-23H2,1-3H3,(H,26,30)/t13-/m0/s1. The Morgan fingerprint density at radius 1 is 1.34 bits per heavy atom. The number of rotatable bonds is 5. The van der Waals surface area contributed by atoms with Crippen LogP contribution in [0.4, 0.5) is 16.5 Å². The number of aromatic nitrogens is 4. The maximum Gasteiger partial charge on any atom is 0.277 e. The zero-order valence-electron chi connectivity index (χ0n) is 18.5.